The van der Waals surface area contributed by atoms with E-state index >= 15 is 0 Å². The van der Waals surface area contributed by atoms with Gasteiger partial charge in [0, 0.05) is 17.6 Å². The second kappa shape index (κ2) is 4.62. The molecule has 0 spiro atoms. The van der Waals surface area contributed by atoms with E-state index in [2.05, 4.69) is 21.7 Å². The molecule has 1 saturated carbocycles. The van der Waals surface area contributed by atoms with E-state index < -0.39 is 0 Å². The molecule has 0 unspecified atom stereocenters. The number of halogens is 1. The molecule has 1 aliphatic carbocycles. The Balaban J connectivity index is 1.87. The number of imidazole rings is 1. The molecule has 112 valence electrons. The van der Waals surface area contributed by atoms with Gasteiger partial charge in [-0.3, -0.25) is 4.98 Å². The van der Waals surface area contributed by atoms with Crippen molar-refractivity contribution in [2.45, 2.75) is 18.9 Å². The molecule has 1 fully saturated rings. The first-order chi connectivity index (χ1) is 11.3. The Labute approximate surface area is 132 Å². The molecule has 0 amide bonds. The molecule has 4 heteroatoms. The van der Waals surface area contributed by atoms with Gasteiger partial charge < -0.3 is 4.57 Å². The smallest absolute Gasteiger partial charge is 0.160 e. The van der Waals surface area contributed by atoms with Crippen LogP contribution in [0.5, 0.6) is 0 Å². The van der Waals surface area contributed by atoms with Crippen LogP contribution in [0.3, 0.4) is 0 Å². The monoisotopic (exact) mass is 303 g/mol. The summed E-state index contributed by atoms with van der Waals surface area (Å²) in [6.45, 7) is 0. The van der Waals surface area contributed by atoms with Crippen LogP contribution >= 0.6 is 0 Å². The van der Waals surface area contributed by atoms with E-state index in [0.29, 0.717) is 6.04 Å². The Morgan fingerprint density at radius 2 is 1.91 bits per heavy atom. The van der Waals surface area contributed by atoms with E-state index in [4.69, 9.17) is 4.98 Å². The standard InChI is InChI=1S/C19H14FN3/c20-13-5-8-16-17(11-13)23(14-6-7-14)19(22-16)18-15-4-2-1-3-12(15)9-10-21-18/h1-5,8-11,14H,6-7H2. The molecule has 23 heavy (non-hydrogen) atoms. The first-order valence-corrected chi connectivity index (χ1v) is 7.83. The summed E-state index contributed by atoms with van der Waals surface area (Å²) in [5.74, 6) is 0.613. The van der Waals surface area contributed by atoms with Crippen molar-refractivity contribution >= 4 is 21.8 Å². The van der Waals surface area contributed by atoms with Crippen molar-refractivity contribution in [2.75, 3.05) is 0 Å². The second-order valence-electron chi connectivity index (χ2n) is 6.05. The lowest BCUT2D eigenvalue weighted by Gasteiger charge is -2.09. The molecule has 0 radical (unpaired) electrons. The number of pyridine rings is 1. The van der Waals surface area contributed by atoms with Gasteiger partial charge in [-0.2, -0.15) is 0 Å². The highest BCUT2D eigenvalue weighted by Gasteiger charge is 2.29. The molecule has 4 aromatic rings. The maximum absolute atomic E-state index is 13.7. The van der Waals surface area contributed by atoms with E-state index in [-0.39, 0.29) is 5.82 Å². The number of fused-ring (bicyclic) bond motifs is 2. The molecule has 1 aliphatic rings. The Hall–Kier alpha value is -2.75. The maximum Gasteiger partial charge on any atom is 0.160 e. The van der Waals surface area contributed by atoms with Crippen LogP contribution in [0.15, 0.2) is 54.7 Å². The van der Waals surface area contributed by atoms with Crippen LogP contribution in [0, 0.1) is 5.82 Å². The summed E-state index contributed by atoms with van der Waals surface area (Å²) in [4.78, 5) is 9.36. The third kappa shape index (κ3) is 1.95. The lowest BCUT2D eigenvalue weighted by molar-refractivity contribution is 0.628. The topological polar surface area (TPSA) is 30.7 Å². The molecule has 3 nitrogen and oxygen atoms in total. The summed E-state index contributed by atoms with van der Waals surface area (Å²) in [5, 5.41) is 2.21. The molecule has 2 aromatic carbocycles. The lowest BCUT2D eigenvalue weighted by atomic mass is 10.1. The summed E-state index contributed by atoms with van der Waals surface area (Å²) in [6, 6.07) is 15.4. The fourth-order valence-corrected chi connectivity index (χ4v) is 3.23. The Kier molecular flexibility index (Phi) is 2.56. The number of benzene rings is 2. The highest BCUT2D eigenvalue weighted by molar-refractivity contribution is 5.94. The van der Waals surface area contributed by atoms with Gasteiger partial charge in [0.25, 0.3) is 0 Å². The van der Waals surface area contributed by atoms with E-state index in [9.17, 15) is 4.39 Å². The molecule has 5 rings (SSSR count). The Morgan fingerprint density at radius 1 is 1.04 bits per heavy atom. The first kappa shape index (κ1) is 12.8. The van der Waals surface area contributed by atoms with Crippen LogP contribution < -0.4 is 0 Å². The Bertz CT molecular complexity index is 1040. The Morgan fingerprint density at radius 3 is 2.78 bits per heavy atom. The molecule has 2 aromatic heterocycles. The summed E-state index contributed by atoms with van der Waals surface area (Å²) in [5.41, 5.74) is 2.55. The van der Waals surface area contributed by atoms with Crippen LogP contribution in [0.4, 0.5) is 4.39 Å². The minimum Gasteiger partial charge on any atom is -0.319 e. The lowest BCUT2D eigenvalue weighted by Crippen LogP contribution is -1.99. The molecule has 0 saturated heterocycles. The number of aromatic nitrogens is 3. The quantitative estimate of drug-likeness (QED) is 0.536. The zero-order chi connectivity index (χ0) is 15.4. The third-order valence-electron chi connectivity index (χ3n) is 4.45. The van der Waals surface area contributed by atoms with Crippen LogP contribution in [0.1, 0.15) is 18.9 Å². The average Bonchev–Trinajstić information content (AvgIpc) is 3.35. The molecule has 0 bridgehead atoms. The number of hydrogen-bond donors (Lipinski definition) is 0. The molecule has 2 heterocycles. The average molecular weight is 303 g/mol. The first-order valence-electron chi connectivity index (χ1n) is 7.83. The number of rotatable bonds is 2. The highest BCUT2D eigenvalue weighted by atomic mass is 19.1. The molecule has 0 aliphatic heterocycles. The van der Waals surface area contributed by atoms with Crippen molar-refractivity contribution < 1.29 is 4.39 Å². The normalized spacial score (nSPS) is 14.7. The van der Waals surface area contributed by atoms with Gasteiger partial charge in [-0.15, -0.1) is 0 Å². The number of nitrogens with zero attached hydrogens (tertiary/aromatic N) is 3. The van der Waals surface area contributed by atoms with Gasteiger partial charge in [-0.1, -0.05) is 24.3 Å². The highest BCUT2D eigenvalue weighted by Crippen LogP contribution is 2.42. The summed E-state index contributed by atoms with van der Waals surface area (Å²) >= 11 is 0. The molecular formula is C19H14FN3. The van der Waals surface area contributed by atoms with Crippen LogP contribution in [0.25, 0.3) is 33.3 Å². The summed E-state index contributed by atoms with van der Waals surface area (Å²) in [7, 11) is 0. The van der Waals surface area contributed by atoms with Gasteiger partial charge in [0.2, 0.25) is 0 Å². The fourth-order valence-electron chi connectivity index (χ4n) is 3.23. The van der Waals surface area contributed by atoms with Gasteiger partial charge in [0.1, 0.15) is 11.5 Å². The predicted octanol–water partition coefficient (Wildman–Crippen LogP) is 4.73. The van der Waals surface area contributed by atoms with Gasteiger partial charge in [-0.25, -0.2) is 9.37 Å². The largest absolute Gasteiger partial charge is 0.319 e. The van der Waals surface area contributed by atoms with E-state index in [1.807, 2.05) is 24.4 Å². The van der Waals surface area contributed by atoms with Gasteiger partial charge in [-0.05, 0) is 42.5 Å². The van der Waals surface area contributed by atoms with E-state index in [1.54, 1.807) is 12.1 Å². The van der Waals surface area contributed by atoms with Crippen molar-refractivity contribution in [1.82, 2.24) is 14.5 Å². The SMILES string of the molecule is Fc1ccc2nc(-c3nccc4ccccc34)n(C3CC3)c2c1. The van der Waals surface area contributed by atoms with Crippen molar-refractivity contribution in [1.29, 1.82) is 0 Å². The summed E-state index contributed by atoms with van der Waals surface area (Å²) < 4.78 is 15.9. The minimum atomic E-state index is -0.225. The molecule has 0 N–H and O–H groups in total. The van der Waals surface area contributed by atoms with E-state index in [1.165, 1.54) is 6.07 Å². The summed E-state index contributed by atoms with van der Waals surface area (Å²) in [6.07, 6.45) is 4.04. The van der Waals surface area contributed by atoms with E-state index in [0.717, 1.165) is 46.2 Å². The van der Waals surface area contributed by atoms with Gasteiger partial charge >= 0.3 is 0 Å². The van der Waals surface area contributed by atoms with Gasteiger partial charge in [0.15, 0.2) is 5.82 Å². The maximum atomic E-state index is 13.7. The van der Waals surface area contributed by atoms with Crippen LogP contribution in [-0.2, 0) is 0 Å². The zero-order valence-corrected chi connectivity index (χ0v) is 12.4. The van der Waals surface area contributed by atoms with Crippen molar-refractivity contribution in [3.8, 4) is 11.5 Å². The van der Waals surface area contributed by atoms with Crippen molar-refractivity contribution in [3.05, 3.63) is 60.5 Å². The van der Waals surface area contributed by atoms with Crippen LogP contribution in [-0.4, -0.2) is 14.5 Å². The van der Waals surface area contributed by atoms with Crippen molar-refractivity contribution in [3.63, 3.8) is 0 Å². The predicted molar refractivity (Wildman–Crippen MR) is 88.7 cm³/mol. The van der Waals surface area contributed by atoms with Crippen molar-refractivity contribution in [2.24, 2.45) is 0 Å². The zero-order valence-electron chi connectivity index (χ0n) is 12.4. The molecular weight excluding hydrogens is 289 g/mol. The fraction of sp³-hybridized carbons (Fsp3) is 0.158. The third-order valence-corrected chi connectivity index (χ3v) is 4.45. The van der Waals surface area contributed by atoms with Gasteiger partial charge in [0.05, 0.1) is 11.0 Å². The van der Waals surface area contributed by atoms with Crippen LogP contribution in [0.2, 0.25) is 0 Å². The minimum absolute atomic E-state index is 0.225. The number of hydrogen-bond acceptors (Lipinski definition) is 2. The molecule has 0 atom stereocenters. The second-order valence-corrected chi connectivity index (χ2v) is 6.05.